The largest absolute Gasteiger partial charge is 0.380 e. The molecule has 0 saturated carbocycles. The fourth-order valence-corrected chi connectivity index (χ4v) is 2.67. The molecule has 3 aromatic rings. The quantitative estimate of drug-likeness (QED) is 0.774. The minimum atomic E-state index is -0.133. The highest BCUT2D eigenvalue weighted by atomic mass is 32.1. The summed E-state index contributed by atoms with van der Waals surface area (Å²) in [7, 11) is 0. The van der Waals surface area contributed by atoms with Gasteiger partial charge in [-0.25, -0.2) is 9.78 Å². The molecule has 20 heavy (non-hydrogen) atoms. The molecule has 2 N–H and O–H groups in total. The van der Waals surface area contributed by atoms with E-state index in [1.54, 1.807) is 28.3 Å². The van der Waals surface area contributed by atoms with Crippen LogP contribution < -0.4 is 11.0 Å². The molecule has 3 rings (SSSR count). The Balaban J connectivity index is 1.70. The molecule has 0 unspecified atom stereocenters. The molecule has 2 heterocycles. The second kappa shape index (κ2) is 5.34. The van der Waals surface area contributed by atoms with Crippen LogP contribution in [0.25, 0.3) is 5.69 Å². The number of hydrogen-bond donors (Lipinski definition) is 2. The molecule has 0 bridgehead atoms. The summed E-state index contributed by atoms with van der Waals surface area (Å²) in [6.45, 7) is 2.76. The van der Waals surface area contributed by atoms with Crippen molar-refractivity contribution in [3.05, 3.63) is 63.2 Å². The van der Waals surface area contributed by atoms with Gasteiger partial charge in [-0.1, -0.05) is 0 Å². The van der Waals surface area contributed by atoms with E-state index in [1.807, 2.05) is 37.4 Å². The van der Waals surface area contributed by atoms with Crippen LogP contribution in [0.15, 0.2) is 47.7 Å². The van der Waals surface area contributed by atoms with E-state index in [4.69, 9.17) is 0 Å². The Kier molecular flexibility index (Phi) is 3.39. The lowest BCUT2D eigenvalue weighted by Crippen LogP contribution is -2.13. The highest BCUT2D eigenvalue weighted by Crippen LogP contribution is 2.16. The van der Waals surface area contributed by atoms with Crippen LogP contribution in [0.2, 0.25) is 0 Å². The molecule has 0 aliphatic carbocycles. The molecular formula is C14H14N4OS. The molecular weight excluding hydrogens is 272 g/mol. The first-order valence-corrected chi connectivity index (χ1v) is 7.06. The molecule has 0 aliphatic rings. The molecule has 1 aromatic carbocycles. The Morgan fingerprint density at radius 2 is 2.15 bits per heavy atom. The van der Waals surface area contributed by atoms with Gasteiger partial charge in [-0.15, -0.1) is 11.3 Å². The standard InChI is InChI=1S/C14H14N4OS/c1-10-16-8-13(20-10)9-17-11-2-4-12(5-3-11)18-7-6-15-14(18)19/h2-8,17H,9H2,1H3,(H,15,19). The minimum Gasteiger partial charge on any atom is -0.380 e. The molecule has 0 fully saturated rings. The summed E-state index contributed by atoms with van der Waals surface area (Å²) in [6, 6.07) is 7.75. The molecule has 2 aromatic heterocycles. The molecule has 102 valence electrons. The Morgan fingerprint density at radius 1 is 1.35 bits per heavy atom. The molecule has 0 aliphatic heterocycles. The van der Waals surface area contributed by atoms with Gasteiger partial charge in [-0.3, -0.25) is 4.57 Å². The minimum absolute atomic E-state index is 0.133. The number of H-pyrrole nitrogens is 1. The summed E-state index contributed by atoms with van der Waals surface area (Å²) in [6.07, 6.45) is 5.23. The number of nitrogens with zero attached hydrogens (tertiary/aromatic N) is 2. The van der Waals surface area contributed by atoms with E-state index in [9.17, 15) is 4.79 Å². The van der Waals surface area contributed by atoms with Gasteiger partial charge in [0.05, 0.1) is 17.2 Å². The second-order valence-electron chi connectivity index (χ2n) is 4.38. The van der Waals surface area contributed by atoms with E-state index in [-0.39, 0.29) is 5.69 Å². The van der Waals surface area contributed by atoms with Crippen molar-refractivity contribution in [2.75, 3.05) is 5.32 Å². The second-order valence-corrected chi connectivity index (χ2v) is 5.70. The number of benzene rings is 1. The number of aromatic nitrogens is 3. The highest BCUT2D eigenvalue weighted by Gasteiger charge is 2.01. The van der Waals surface area contributed by atoms with Gasteiger partial charge in [0, 0.05) is 29.2 Å². The van der Waals surface area contributed by atoms with Gasteiger partial charge in [0.1, 0.15) is 0 Å². The van der Waals surface area contributed by atoms with Crippen LogP contribution in [0.3, 0.4) is 0 Å². The van der Waals surface area contributed by atoms with E-state index < -0.39 is 0 Å². The van der Waals surface area contributed by atoms with Crippen LogP contribution in [-0.4, -0.2) is 14.5 Å². The van der Waals surface area contributed by atoms with Crippen molar-refractivity contribution in [2.24, 2.45) is 0 Å². The third-order valence-electron chi connectivity index (χ3n) is 2.93. The first kappa shape index (κ1) is 12.7. The van der Waals surface area contributed by atoms with Gasteiger partial charge in [-0.2, -0.15) is 0 Å². The third-order valence-corrected chi connectivity index (χ3v) is 3.84. The van der Waals surface area contributed by atoms with Crippen molar-refractivity contribution < 1.29 is 0 Å². The van der Waals surface area contributed by atoms with Crippen molar-refractivity contribution in [1.29, 1.82) is 0 Å². The molecule has 0 radical (unpaired) electrons. The number of nitrogens with one attached hydrogen (secondary N) is 2. The Bertz CT molecular complexity index is 754. The first-order chi connectivity index (χ1) is 9.72. The SMILES string of the molecule is Cc1ncc(CNc2ccc(-n3cc[nH]c3=O)cc2)s1. The lowest BCUT2D eigenvalue weighted by molar-refractivity contribution is 0.987. The Morgan fingerprint density at radius 3 is 2.75 bits per heavy atom. The van der Waals surface area contributed by atoms with Gasteiger partial charge in [0.2, 0.25) is 0 Å². The van der Waals surface area contributed by atoms with Crippen molar-refractivity contribution in [2.45, 2.75) is 13.5 Å². The molecule has 5 nitrogen and oxygen atoms in total. The van der Waals surface area contributed by atoms with Crippen LogP contribution in [0, 0.1) is 6.92 Å². The number of hydrogen-bond acceptors (Lipinski definition) is 4. The average Bonchev–Trinajstić information content (AvgIpc) is 3.06. The Labute approximate surface area is 119 Å². The average molecular weight is 286 g/mol. The van der Waals surface area contributed by atoms with Gasteiger partial charge < -0.3 is 10.3 Å². The summed E-state index contributed by atoms with van der Waals surface area (Å²) in [4.78, 5) is 19.5. The maximum absolute atomic E-state index is 11.5. The zero-order chi connectivity index (χ0) is 13.9. The van der Waals surface area contributed by atoms with E-state index in [0.29, 0.717) is 0 Å². The number of imidazole rings is 1. The molecule has 0 spiro atoms. The van der Waals surface area contributed by atoms with Crippen molar-refractivity contribution in [3.63, 3.8) is 0 Å². The maximum atomic E-state index is 11.5. The number of anilines is 1. The summed E-state index contributed by atoms with van der Waals surface area (Å²) in [5.41, 5.74) is 1.73. The number of aryl methyl sites for hydroxylation is 1. The van der Waals surface area contributed by atoms with Gasteiger partial charge in [-0.05, 0) is 31.2 Å². The number of rotatable bonds is 4. The normalized spacial score (nSPS) is 10.7. The van der Waals surface area contributed by atoms with E-state index in [2.05, 4.69) is 15.3 Å². The molecule has 0 amide bonds. The first-order valence-electron chi connectivity index (χ1n) is 6.24. The van der Waals surface area contributed by atoms with Crippen molar-refractivity contribution >= 4 is 17.0 Å². The predicted molar refractivity (Wildman–Crippen MR) is 80.6 cm³/mol. The predicted octanol–water partition coefficient (Wildman–Crippen LogP) is 2.54. The maximum Gasteiger partial charge on any atom is 0.330 e. The van der Waals surface area contributed by atoms with Gasteiger partial charge in [0.15, 0.2) is 0 Å². The fourth-order valence-electron chi connectivity index (χ4n) is 1.94. The molecule has 6 heteroatoms. The zero-order valence-corrected chi connectivity index (χ0v) is 11.8. The van der Waals surface area contributed by atoms with E-state index in [1.165, 1.54) is 4.88 Å². The van der Waals surface area contributed by atoms with Crippen LogP contribution in [-0.2, 0) is 6.54 Å². The summed E-state index contributed by atoms with van der Waals surface area (Å²) >= 11 is 1.69. The summed E-state index contributed by atoms with van der Waals surface area (Å²) in [5.74, 6) is 0. The summed E-state index contributed by atoms with van der Waals surface area (Å²) in [5, 5.41) is 4.41. The monoisotopic (exact) mass is 286 g/mol. The molecule has 0 atom stereocenters. The lowest BCUT2D eigenvalue weighted by atomic mass is 10.2. The van der Waals surface area contributed by atoms with Crippen LogP contribution in [0.5, 0.6) is 0 Å². The molecule has 0 saturated heterocycles. The zero-order valence-electron chi connectivity index (χ0n) is 11.0. The van der Waals surface area contributed by atoms with Crippen molar-refractivity contribution in [1.82, 2.24) is 14.5 Å². The number of aromatic amines is 1. The van der Waals surface area contributed by atoms with E-state index in [0.717, 1.165) is 22.9 Å². The Hall–Kier alpha value is -2.34. The number of thiazole rings is 1. The van der Waals surface area contributed by atoms with Gasteiger partial charge >= 0.3 is 5.69 Å². The topological polar surface area (TPSA) is 62.7 Å². The smallest absolute Gasteiger partial charge is 0.330 e. The van der Waals surface area contributed by atoms with Crippen LogP contribution >= 0.6 is 11.3 Å². The van der Waals surface area contributed by atoms with E-state index >= 15 is 0 Å². The fraction of sp³-hybridized carbons (Fsp3) is 0.143. The third kappa shape index (κ3) is 2.65. The lowest BCUT2D eigenvalue weighted by Gasteiger charge is -2.06. The van der Waals surface area contributed by atoms with Crippen molar-refractivity contribution in [3.8, 4) is 5.69 Å². The highest BCUT2D eigenvalue weighted by molar-refractivity contribution is 7.11. The summed E-state index contributed by atoms with van der Waals surface area (Å²) < 4.78 is 1.57. The van der Waals surface area contributed by atoms with Crippen LogP contribution in [0.1, 0.15) is 9.88 Å². The van der Waals surface area contributed by atoms with Gasteiger partial charge in [0.25, 0.3) is 0 Å². The van der Waals surface area contributed by atoms with Crippen LogP contribution in [0.4, 0.5) is 5.69 Å².